The molecule has 2 nitrogen and oxygen atoms in total. The lowest BCUT2D eigenvalue weighted by Gasteiger charge is -1.98. The summed E-state index contributed by atoms with van der Waals surface area (Å²) in [5, 5.41) is 7.14. The molecule has 0 aliphatic rings. The Morgan fingerprint density at radius 3 is 2.58 bits per heavy atom. The van der Waals surface area contributed by atoms with Crippen LogP contribution in [0, 0.1) is 5.41 Å². The van der Waals surface area contributed by atoms with Crippen LogP contribution < -0.4 is 0 Å². The first-order chi connectivity index (χ1) is 5.88. The van der Waals surface area contributed by atoms with Crippen molar-refractivity contribution in [1.29, 1.82) is 5.41 Å². The average molecular weight is 160 g/mol. The molecule has 1 aromatic rings. The van der Waals surface area contributed by atoms with Gasteiger partial charge < -0.3 is 5.41 Å². The summed E-state index contributed by atoms with van der Waals surface area (Å²) in [4.78, 5) is 4.19. The van der Waals surface area contributed by atoms with Crippen LogP contribution in [0.5, 0.6) is 0 Å². The quantitative estimate of drug-likeness (QED) is 0.658. The maximum atomic E-state index is 7.14. The standard InChI is InChI=1S/C10H12N2/c1-2-12-10(8-11)9-6-4-3-5-7-9/h3-8,11H,2H2,1H3. The van der Waals surface area contributed by atoms with Gasteiger partial charge >= 0.3 is 0 Å². The van der Waals surface area contributed by atoms with E-state index >= 15 is 0 Å². The molecule has 0 saturated carbocycles. The molecule has 0 amide bonds. The van der Waals surface area contributed by atoms with E-state index in [1.165, 1.54) is 6.21 Å². The van der Waals surface area contributed by atoms with Gasteiger partial charge in [0.1, 0.15) is 0 Å². The van der Waals surface area contributed by atoms with E-state index in [-0.39, 0.29) is 0 Å². The van der Waals surface area contributed by atoms with Gasteiger partial charge in [-0.05, 0) is 6.92 Å². The molecular formula is C10H12N2. The largest absolute Gasteiger partial charge is 0.306 e. The SMILES string of the molecule is CCN=C(C=N)c1ccccc1. The third-order valence-electron chi connectivity index (χ3n) is 1.53. The van der Waals surface area contributed by atoms with Crippen LogP contribution in [0.3, 0.4) is 0 Å². The van der Waals surface area contributed by atoms with Crippen molar-refractivity contribution in [2.75, 3.05) is 6.54 Å². The molecule has 1 N–H and O–H groups in total. The maximum Gasteiger partial charge on any atom is 0.0821 e. The van der Waals surface area contributed by atoms with Crippen molar-refractivity contribution in [2.24, 2.45) is 4.99 Å². The smallest absolute Gasteiger partial charge is 0.0821 e. The minimum absolute atomic E-state index is 0.722. The predicted octanol–water partition coefficient (Wildman–Crippen LogP) is 2.15. The van der Waals surface area contributed by atoms with Crippen molar-refractivity contribution >= 4 is 11.9 Å². The van der Waals surface area contributed by atoms with Gasteiger partial charge in [0.2, 0.25) is 0 Å². The minimum Gasteiger partial charge on any atom is -0.306 e. The lowest BCUT2D eigenvalue weighted by atomic mass is 10.1. The number of benzene rings is 1. The highest BCUT2D eigenvalue weighted by atomic mass is 14.7. The Morgan fingerprint density at radius 2 is 2.08 bits per heavy atom. The lowest BCUT2D eigenvalue weighted by Crippen LogP contribution is -2.01. The summed E-state index contributed by atoms with van der Waals surface area (Å²) < 4.78 is 0. The number of nitrogens with one attached hydrogen (secondary N) is 1. The Kier molecular flexibility index (Phi) is 3.20. The second-order valence-electron chi connectivity index (χ2n) is 2.37. The van der Waals surface area contributed by atoms with Crippen LogP contribution in [-0.4, -0.2) is 18.5 Å². The first-order valence-electron chi connectivity index (χ1n) is 3.98. The topological polar surface area (TPSA) is 36.2 Å². The highest BCUT2D eigenvalue weighted by molar-refractivity contribution is 6.37. The fraction of sp³-hybridized carbons (Fsp3) is 0.200. The van der Waals surface area contributed by atoms with E-state index in [0.29, 0.717) is 0 Å². The summed E-state index contributed by atoms with van der Waals surface area (Å²) in [5.74, 6) is 0. The summed E-state index contributed by atoms with van der Waals surface area (Å²) in [6.07, 6.45) is 1.29. The van der Waals surface area contributed by atoms with Gasteiger partial charge in [-0.15, -0.1) is 0 Å². The molecule has 0 unspecified atom stereocenters. The second kappa shape index (κ2) is 4.44. The molecule has 12 heavy (non-hydrogen) atoms. The van der Waals surface area contributed by atoms with E-state index in [4.69, 9.17) is 5.41 Å². The zero-order valence-electron chi connectivity index (χ0n) is 7.12. The van der Waals surface area contributed by atoms with Gasteiger partial charge in [-0.1, -0.05) is 30.3 Å². The molecule has 1 aromatic carbocycles. The Labute approximate surface area is 72.5 Å². The fourth-order valence-electron chi connectivity index (χ4n) is 1.000. The fourth-order valence-corrected chi connectivity index (χ4v) is 1.000. The van der Waals surface area contributed by atoms with Crippen molar-refractivity contribution in [3.63, 3.8) is 0 Å². The molecule has 0 aromatic heterocycles. The van der Waals surface area contributed by atoms with Crippen LogP contribution in [0.4, 0.5) is 0 Å². The molecule has 2 heteroatoms. The van der Waals surface area contributed by atoms with E-state index < -0.39 is 0 Å². The van der Waals surface area contributed by atoms with Crippen LogP contribution >= 0.6 is 0 Å². The Morgan fingerprint density at radius 1 is 1.42 bits per heavy atom. The molecule has 0 fully saturated rings. The van der Waals surface area contributed by atoms with E-state index in [9.17, 15) is 0 Å². The summed E-state index contributed by atoms with van der Waals surface area (Å²) in [5.41, 5.74) is 1.76. The van der Waals surface area contributed by atoms with Gasteiger partial charge in [0.05, 0.1) is 5.71 Å². The summed E-state index contributed by atoms with van der Waals surface area (Å²) >= 11 is 0. The Balaban J connectivity index is 2.96. The van der Waals surface area contributed by atoms with E-state index in [2.05, 4.69) is 4.99 Å². The van der Waals surface area contributed by atoms with Crippen molar-refractivity contribution in [2.45, 2.75) is 6.92 Å². The molecule has 62 valence electrons. The third kappa shape index (κ3) is 2.02. The van der Waals surface area contributed by atoms with Crippen LogP contribution in [0.15, 0.2) is 35.3 Å². The third-order valence-corrected chi connectivity index (χ3v) is 1.53. The van der Waals surface area contributed by atoms with Crippen molar-refractivity contribution in [3.05, 3.63) is 35.9 Å². The summed E-state index contributed by atoms with van der Waals surface area (Å²) in [7, 11) is 0. The monoisotopic (exact) mass is 160 g/mol. The van der Waals surface area contributed by atoms with E-state index in [1.807, 2.05) is 37.3 Å². The van der Waals surface area contributed by atoms with Crippen LogP contribution in [0.1, 0.15) is 12.5 Å². The van der Waals surface area contributed by atoms with Crippen LogP contribution in [0.25, 0.3) is 0 Å². The molecule has 0 aliphatic heterocycles. The van der Waals surface area contributed by atoms with Crippen LogP contribution in [-0.2, 0) is 0 Å². The lowest BCUT2D eigenvalue weighted by molar-refractivity contribution is 1.13. The normalized spacial score (nSPS) is 11.2. The van der Waals surface area contributed by atoms with Crippen molar-refractivity contribution in [1.82, 2.24) is 0 Å². The molecular weight excluding hydrogens is 148 g/mol. The number of hydrogen-bond donors (Lipinski definition) is 1. The Hall–Kier alpha value is -1.44. The highest BCUT2D eigenvalue weighted by Crippen LogP contribution is 1.99. The van der Waals surface area contributed by atoms with E-state index in [1.54, 1.807) is 0 Å². The summed E-state index contributed by atoms with van der Waals surface area (Å²) in [6.45, 7) is 2.69. The number of rotatable bonds is 3. The molecule has 0 atom stereocenters. The highest BCUT2D eigenvalue weighted by Gasteiger charge is 1.95. The van der Waals surface area contributed by atoms with Gasteiger partial charge in [-0.2, -0.15) is 0 Å². The van der Waals surface area contributed by atoms with Crippen molar-refractivity contribution in [3.8, 4) is 0 Å². The first kappa shape index (κ1) is 8.65. The second-order valence-corrected chi connectivity index (χ2v) is 2.37. The van der Waals surface area contributed by atoms with Gasteiger partial charge in [0.15, 0.2) is 0 Å². The predicted molar refractivity (Wildman–Crippen MR) is 52.3 cm³/mol. The molecule has 0 bridgehead atoms. The summed E-state index contributed by atoms with van der Waals surface area (Å²) in [6, 6.07) is 9.77. The molecule has 1 rings (SSSR count). The van der Waals surface area contributed by atoms with Crippen molar-refractivity contribution < 1.29 is 0 Å². The maximum absolute atomic E-state index is 7.14. The van der Waals surface area contributed by atoms with E-state index in [0.717, 1.165) is 17.8 Å². The molecule has 0 saturated heterocycles. The zero-order valence-corrected chi connectivity index (χ0v) is 7.12. The van der Waals surface area contributed by atoms with Gasteiger partial charge in [-0.3, -0.25) is 4.99 Å². The number of nitrogens with zero attached hydrogens (tertiary/aromatic N) is 1. The molecule has 0 aliphatic carbocycles. The number of aliphatic imine (C=N–C) groups is 1. The van der Waals surface area contributed by atoms with Gasteiger partial charge in [-0.25, -0.2) is 0 Å². The van der Waals surface area contributed by atoms with Gasteiger partial charge in [0.25, 0.3) is 0 Å². The van der Waals surface area contributed by atoms with Gasteiger partial charge in [0, 0.05) is 18.3 Å². The number of hydrogen-bond acceptors (Lipinski definition) is 2. The Bertz CT molecular complexity index is 275. The average Bonchev–Trinajstić information content (AvgIpc) is 2.15. The minimum atomic E-state index is 0.722. The first-order valence-corrected chi connectivity index (χ1v) is 3.98. The zero-order chi connectivity index (χ0) is 8.81. The molecule has 0 radical (unpaired) electrons. The molecule has 0 heterocycles. The molecule has 0 spiro atoms. The van der Waals surface area contributed by atoms with Crippen LogP contribution in [0.2, 0.25) is 0 Å².